The highest BCUT2D eigenvalue weighted by molar-refractivity contribution is 5.70. The van der Waals surface area contributed by atoms with E-state index in [9.17, 15) is 18.0 Å². The molecule has 1 saturated heterocycles. The number of rotatable bonds is 0. The van der Waals surface area contributed by atoms with Crippen molar-refractivity contribution in [1.82, 2.24) is 4.90 Å². The van der Waals surface area contributed by atoms with Gasteiger partial charge in [-0.15, -0.1) is 0 Å². The van der Waals surface area contributed by atoms with Crippen molar-refractivity contribution in [2.24, 2.45) is 0 Å². The Labute approximate surface area is 145 Å². The number of amides is 1. The Kier molecular flexibility index (Phi) is 4.16. The number of ether oxygens (including phenoxy) is 1. The van der Waals surface area contributed by atoms with Gasteiger partial charge in [-0.1, -0.05) is 6.07 Å². The summed E-state index contributed by atoms with van der Waals surface area (Å²) in [6.45, 7) is 8.26. The van der Waals surface area contributed by atoms with E-state index in [2.05, 4.69) is 0 Å². The lowest BCUT2D eigenvalue weighted by Crippen LogP contribution is -2.58. The molecule has 1 fully saturated rings. The number of hydrogen-bond donors (Lipinski definition) is 0. The van der Waals surface area contributed by atoms with Crippen LogP contribution in [0, 0.1) is 0 Å². The van der Waals surface area contributed by atoms with Crippen LogP contribution >= 0.6 is 0 Å². The minimum absolute atomic E-state index is 0.0187. The molecule has 25 heavy (non-hydrogen) atoms. The first-order chi connectivity index (χ1) is 11.5. The Balaban J connectivity index is 1.81. The van der Waals surface area contributed by atoms with Crippen LogP contribution in [0.5, 0.6) is 0 Å². The second-order valence-electron chi connectivity index (χ2n) is 7.84. The van der Waals surface area contributed by atoms with E-state index in [1.54, 1.807) is 11.0 Å². The van der Waals surface area contributed by atoms with E-state index in [1.807, 2.05) is 32.6 Å². The fourth-order valence-corrected chi connectivity index (χ4v) is 3.66. The van der Waals surface area contributed by atoms with Gasteiger partial charge in [0.25, 0.3) is 0 Å². The van der Waals surface area contributed by atoms with Crippen LogP contribution in [0.4, 0.5) is 23.7 Å². The summed E-state index contributed by atoms with van der Waals surface area (Å²) in [5, 5.41) is 0. The predicted octanol–water partition coefficient (Wildman–Crippen LogP) is 4.08. The first kappa shape index (κ1) is 17.9. The van der Waals surface area contributed by atoms with Gasteiger partial charge in [0.2, 0.25) is 0 Å². The first-order valence-corrected chi connectivity index (χ1v) is 8.42. The number of fused-ring (bicyclic) bond motifs is 3. The normalized spacial score (nSPS) is 23.3. The average Bonchev–Trinajstić information content (AvgIpc) is 2.82. The Morgan fingerprint density at radius 2 is 1.88 bits per heavy atom. The van der Waals surface area contributed by atoms with Gasteiger partial charge in [-0.2, -0.15) is 13.2 Å². The first-order valence-electron chi connectivity index (χ1n) is 8.42. The number of carbonyl (C=O) groups is 1. The fraction of sp³-hybridized carbons (Fsp3) is 0.611. The second kappa shape index (κ2) is 5.81. The lowest BCUT2D eigenvalue weighted by molar-refractivity contribution is -0.137. The van der Waals surface area contributed by atoms with Crippen LogP contribution in [0.3, 0.4) is 0 Å². The number of piperazine rings is 1. The zero-order valence-corrected chi connectivity index (χ0v) is 14.9. The molecule has 2 aliphatic heterocycles. The molecule has 0 saturated carbocycles. The van der Waals surface area contributed by atoms with Gasteiger partial charge in [-0.3, -0.25) is 0 Å². The van der Waals surface area contributed by atoms with Crippen LogP contribution in [-0.2, 0) is 17.3 Å². The van der Waals surface area contributed by atoms with E-state index >= 15 is 0 Å². The van der Waals surface area contributed by atoms with Crippen molar-refractivity contribution in [1.29, 1.82) is 0 Å². The number of benzene rings is 1. The molecule has 7 heteroatoms. The van der Waals surface area contributed by atoms with Gasteiger partial charge in [-0.05, 0) is 51.8 Å². The molecule has 3 rings (SSSR count). The molecule has 0 aliphatic carbocycles. The van der Waals surface area contributed by atoms with Crippen LogP contribution < -0.4 is 4.90 Å². The molecular formula is C18H23F3N2O2. The Morgan fingerprint density at radius 3 is 2.48 bits per heavy atom. The van der Waals surface area contributed by atoms with Gasteiger partial charge in [-0.25, -0.2) is 4.79 Å². The zero-order valence-electron chi connectivity index (χ0n) is 14.9. The second-order valence-corrected chi connectivity index (χ2v) is 7.84. The van der Waals surface area contributed by atoms with E-state index in [-0.39, 0.29) is 18.2 Å². The van der Waals surface area contributed by atoms with Gasteiger partial charge < -0.3 is 14.5 Å². The fourth-order valence-electron chi connectivity index (χ4n) is 3.66. The standard InChI is InChI=1S/C18H23F3N2O2/c1-11-9-22(16(24)25-17(2,3)4)10-14-7-12-5-6-13(18(19,20)21)8-15(12)23(11)14/h5-6,8,11,14H,7,9-10H2,1-4H3/t11-,14-/m1/s1. The molecule has 2 aliphatic rings. The third-order valence-corrected chi connectivity index (χ3v) is 4.58. The van der Waals surface area contributed by atoms with Crippen molar-refractivity contribution in [2.75, 3.05) is 18.0 Å². The number of hydrogen-bond acceptors (Lipinski definition) is 3. The summed E-state index contributed by atoms with van der Waals surface area (Å²) in [6.07, 6.45) is -4.09. The summed E-state index contributed by atoms with van der Waals surface area (Å²) < 4.78 is 44.5. The monoisotopic (exact) mass is 356 g/mol. The van der Waals surface area contributed by atoms with Crippen LogP contribution in [0.15, 0.2) is 18.2 Å². The predicted molar refractivity (Wildman–Crippen MR) is 88.7 cm³/mol. The SMILES string of the molecule is C[C@@H]1CN(C(=O)OC(C)(C)C)C[C@H]2Cc3ccc(C(F)(F)F)cc3N21. The molecule has 0 unspecified atom stereocenters. The third kappa shape index (κ3) is 3.55. The molecule has 0 N–H and O–H groups in total. The summed E-state index contributed by atoms with van der Waals surface area (Å²) in [4.78, 5) is 16.0. The molecule has 1 amide bonds. The number of halogens is 3. The zero-order chi connectivity index (χ0) is 18.6. The summed E-state index contributed by atoms with van der Waals surface area (Å²) in [6, 6.07) is 3.83. The maximum absolute atomic E-state index is 13.0. The van der Waals surface area contributed by atoms with Crippen LogP contribution in [0.25, 0.3) is 0 Å². The van der Waals surface area contributed by atoms with E-state index in [1.165, 1.54) is 6.07 Å². The Hall–Kier alpha value is -1.92. The van der Waals surface area contributed by atoms with Gasteiger partial charge in [0.1, 0.15) is 5.60 Å². The van der Waals surface area contributed by atoms with Crippen molar-refractivity contribution in [2.45, 2.75) is 58.0 Å². The molecule has 2 heterocycles. The number of alkyl halides is 3. The number of carbonyl (C=O) groups excluding carboxylic acids is 1. The highest BCUT2D eigenvalue weighted by Crippen LogP contribution is 2.40. The number of nitrogens with zero attached hydrogens (tertiary/aromatic N) is 2. The summed E-state index contributed by atoms with van der Waals surface area (Å²) in [7, 11) is 0. The van der Waals surface area contributed by atoms with Gasteiger partial charge in [0.15, 0.2) is 0 Å². The quantitative estimate of drug-likeness (QED) is 0.702. The van der Waals surface area contributed by atoms with Crippen molar-refractivity contribution >= 4 is 11.8 Å². The molecule has 0 bridgehead atoms. The minimum Gasteiger partial charge on any atom is -0.444 e. The number of anilines is 1. The van der Waals surface area contributed by atoms with Crippen LogP contribution in [-0.4, -0.2) is 41.8 Å². The topological polar surface area (TPSA) is 32.8 Å². The maximum atomic E-state index is 13.0. The molecular weight excluding hydrogens is 333 g/mol. The van der Waals surface area contributed by atoms with E-state index in [4.69, 9.17) is 4.74 Å². The van der Waals surface area contributed by atoms with Gasteiger partial charge in [0.05, 0.1) is 11.6 Å². The summed E-state index contributed by atoms with van der Waals surface area (Å²) in [5.41, 5.74) is 0.332. The molecule has 1 aromatic rings. The largest absolute Gasteiger partial charge is 0.444 e. The minimum atomic E-state index is -4.35. The smallest absolute Gasteiger partial charge is 0.416 e. The van der Waals surface area contributed by atoms with Gasteiger partial charge in [0, 0.05) is 24.8 Å². The van der Waals surface area contributed by atoms with E-state index in [0.29, 0.717) is 25.2 Å². The highest BCUT2D eigenvalue weighted by atomic mass is 19.4. The lowest BCUT2D eigenvalue weighted by Gasteiger charge is -2.44. The molecule has 2 atom stereocenters. The van der Waals surface area contributed by atoms with Gasteiger partial charge >= 0.3 is 12.3 Å². The van der Waals surface area contributed by atoms with Crippen LogP contribution in [0.2, 0.25) is 0 Å². The summed E-state index contributed by atoms with van der Waals surface area (Å²) >= 11 is 0. The third-order valence-electron chi connectivity index (χ3n) is 4.58. The Bertz CT molecular complexity index is 682. The average molecular weight is 356 g/mol. The van der Waals surface area contributed by atoms with Crippen molar-refractivity contribution < 1.29 is 22.7 Å². The van der Waals surface area contributed by atoms with Crippen molar-refractivity contribution in [3.63, 3.8) is 0 Å². The lowest BCUT2D eigenvalue weighted by atomic mass is 10.1. The Morgan fingerprint density at radius 1 is 1.20 bits per heavy atom. The van der Waals surface area contributed by atoms with E-state index < -0.39 is 17.3 Å². The molecule has 1 aromatic carbocycles. The molecule has 4 nitrogen and oxygen atoms in total. The van der Waals surface area contributed by atoms with Crippen molar-refractivity contribution in [3.8, 4) is 0 Å². The van der Waals surface area contributed by atoms with E-state index in [0.717, 1.165) is 11.6 Å². The highest BCUT2D eigenvalue weighted by Gasteiger charge is 2.42. The molecule has 0 aromatic heterocycles. The molecule has 138 valence electrons. The maximum Gasteiger partial charge on any atom is 0.416 e. The van der Waals surface area contributed by atoms with Crippen LogP contribution in [0.1, 0.15) is 38.8 Å². The van der Waals surface area contributed by atoms with Crippen molar-refractivity contribution in [3.05, 3.63) is 29.3 Å². The summed E-state index contributed by atoms with van der Waals surface area (Å²) in [5.74, 6) is 0. The molecule has 0 radical (unpaired) electrons. The molecule has 0 spiro atoms.